The molecule has 0 aliphatic heterocycles. The number of carbonyl (C=O) groups is 1. The third-order valence-corrected chi connectivity index (χ3v) is 8.14. The molecule has 0 saturated heterocycles. The molecule has 1 aromatic heterocycles. The fourth-order valence-electron chi connectivity index (χ4n) is 2.83. The third-order valence-electron chi connectivity index (χ3n) is 4.53. The second-order valence-electron chi connectivity index (χ2n) is 7.14. The first-order valence-electron chi connectivity index (χ1n) is 10.6. The minimum Gasteiger partial charge on any atom is -0.489 e. The van der Waals surface area contributed by atoms with Crippen molar-refractivity contribution in [1.29, 1.82) is 0 Å². The molecule has 0 unspecified atom stereocenters. The number of hydrogen-bond acceptors (Lipinski definition) is 8. The summed E-state index contributed by atoms with van der Waals surface area (Å²) >= 11 is 10.5. The third kappa shape index (κ3) is 8.40. The van der Waals surface area contributed by atoms with Gasteiger partial charge in [-0.2, -0.15) is 5.10 Å². The van der Waals surface area contributed by atoms with Crippen LogP contribution in [0.4, 0.5) is 0 Å². The Morgan fingerprint density at radius 3 is 2.60 bits per heavy atom. The van der Waals surface area contributed by atoms with E-state index in [2.05, 4.69) is 20.7 Å². The number of halogens is 1. The van der Waals surface area contributed by atoms with Crippen molar-refractivity contribution >= 4 is 58.6 Å². The monoisotopic (exact) mass is 540 g/mol. The molecule has 3 aromatic carbocycles. The lowest BCUT2D eigenvalue weighted by molar-refractivity contribution is -0.118. The molecule has 1 N–H and O–H groups in total. The second kappa shape index (κ2) is 13.3. The maximum Gasteiger partial charge on any atom is 0.250 e. The first-order valence-corrected chi connectivity index (χ1v) is 13.7. The van der Waals surface area contributed by atoms with Crippen LogP contribution in [0.3, 0.4) is 0 Å². The molecule has 6 nitrogen and oxygen atoms in total. The van der Waals surface area contributed by atoms with E-state index in [9.17, 15) is 4.79 Å². The van der Waals surface area contributed by atoms with Gasteiger partial charge >= 0.3 is 0 Å². The minimum atomic E-state index is -0.219. The van der Waals surface area contributed by atoms with Crippen LogP contribution < -0.4 is 10.2 Å². The lowest BCUT2D eigenvalue weighted by Gasteiger charge is -2.06. The molecule has 0 spiro atoms. The Kier molecular flexibility index (Phi) is 9.59. The van der Waals surface area contributed by atoms with E-state index in [0.717, 1.165) is 36.1 Å². The number of carbonyl (C=O) groups excluding carboxylic acids is 1. The summed E-state index contributed by atoms with van der Waals surface area (Å²) in [4.78, 5) is 12.2. The fraction of sp³-hybridized carbons (Fsp3) is 0.120. The van der Waals surface area contributed by atoms with Gasteiger partial charge in [-0.15, -0.1) is 10.2 Å². The summed E-state index contributed by atoms with van der Waals surface area (Å²) in [5.74, 6) is 1.43. The molecule has 0 aliphatic carbocycles. The highest BCUT2D eigenvalue weighted by atomic mass is 35.5. The number of nitrogens with one attached hydrogen (secondary N) is 1. The normalized spacial score (nSPS) is 11.0. The summed E-state index contributed by atoms with van der Waals surface area (Å²) in [6, 6.07) is 25.2. The quantitative estimate of drug-likeness (QED) is 0.136. The summed E-state index contributed by atoms with van der Waals surface area (Å²) in [5, 5.41) is 13.1. The van der Waals surface area contributed by atoms with Crippen LogP contribution in [0, 0.1) is 0 Å². The molecule has 0 bridgehead atoms. The average Bonchev–Trinajstić information content (AvgIpc) is 3.35. The smallest absolute Gasteiger partial charge is 0.250 e. The fourth-order valence-corrected chi connectivity index (χ4v) is 5.93. The lowest BCUT2D eigenvalue weighted by Crippen LogP contribution is -2.19. The van der Waals surface area contributed by atoms with Crippen LogP contribution in [0.15, 0.2) is 92.6 Å². The van der Waals surface area contributed by atoms with Gasteiger partial charge in [-0.05, 0) is 34.9 Å². The van der Waals surface area contributed by atoms with E-state index in [0.29, 0.717) is 12.4 Å². The molecule has 35 heavy (non-hydrogen) atoms. The number of hydrazone groups is 1. The van der Waals surface area contributed by atoms with Gasteiger partial charge in [0.25, 0.3) is 5.91 Å². The second-order valence-corrected chi connectivity index (χ2v) is 11.0. The van der Waals surface area contributed by atoms with E-state index in [4.69, 9.17) is 16.3 Å². The largest absolute Gasteiger partial charge is 0.489 e. The standard InChI is InChI=1S/C25H21ClN4O2S3/c26-22-12-5-4-10-20(22)16-33-24-29-30-25(35-24)34-17-23(31)28-27-14-19-9-6-11-21(13-19)32-15-18-7-2-1-3-8-18/h1-14H,15-17H2,(H,28,31). The predicted octanol–water partition coefficient (Wildman–Crippen LogP) is 6.31. The molecule has 178 valence electrons. The number of ether oxygens (including phenoxy) is 1. The van der Waals surface area contributed by atoms with Gasteiger partial charge in [0.15, 0.2) is 8.68 Å². The molecule has 4 aromatic rings. The Morgan fingerprint density at radius 2 is 1.77 bits per heavy atom. The maximum absolute atomic E-state index is 12.2. The van der Waals surface area contributed by atoms with Crippen LogP contribution in [-0.2, 0) is 17.2 Å². The van der Waals surface area contributed by atoms with Gasteiger partial charge in [-0.3, -0.25) is 4.79 Å². The van der Waals surface area contributed by atoms with Crippen molar-refractivity contribution in [3.05, 3.63) is 101 Å². The zero-order valence-electron chi connectivity index (χ0n) is 18.5. The molecule has 0 atom stereocenters. The van der Waals surface area contributed by atoms with Crippen molar-refractivity contribution in [1.82, 2.24) is 15.6 Å². The van der Waals surface area contributed by atoms with E-state index in [1.165, 1.54) is 23.1 Å². The minimum absolute atomic E-state index is 0.196. The highest BCUT2D eigenvalue weighted by Gasteiger charge is 2.09. The van der Waals surface area contributed by atoms with Crippen LogP contribution in [0.25, 0.3) is 0 Å². The van der Waals surface area contributed by atoms with Crippen molar-refractivity contribution in [3.8, 4) is 5.75 Å². The predicted molar refractivity (Wildman–Crippen MR) is 145 cm³/mol. The number of benzene rings is 3. The molecule has 0 radical (unpaired) electrons. The first kappa shape index (κ1) is 25.2. The molecule has 4 rings (SSSR count). The van der Waals surface area contributed by atoms with Gasteiger partial charge < -0.3 is 4.74 Å². The van der Waals surface area contributed by atoms with Crippen LogP contribution in [0.5, 0.6) is 5.75 Å². The average molecular weight is 541 g/mol. The molecule has 1 heterocycles. The zero-order valence-corrected chi connectivity index (χ0v) is 21.7. The Labute approximate surface area is 221 Å². The van der Waals surface area contributed by atoms with E-state index >= 15 is 0 Å². The van der Waals surface area contributed by atoms with Crippen molar-refractivity contribution < 1.29 is 9.53 Å². The van der Waals surface area contributed by atoms with Crippen molar-refractivity contribution in [2.45, 2.75) is 21.0 Å². The van der Waals surface area contributed by atoms with Crippen LogP contribution in [0.1, 0.15) is 16.7 Å². The van der Waals surface area contributed by atoms with Gasteiger partial charge in [0.1, 0.15) is 12.4 Å². The number of rotatable bonds is 11. The molecule has 10 heteroatoms. The summed E-state index contributed by atoms with van der Waals surface area (Å²) in [5.41, 5.74) is 5.52. The molecular weight excluding hydrogens is 520 g/mol. The van der Waals surface area contributed by atoms with E-state index in [1.807, 2.05) is 78.9 Å². The van der Waals surface area contributed by atoms with E-state index in [-0.39, 0.29) is 11.7 Å². The molecule has 0 saturated carbocycles. The highest BCUT2D eigenvalue weighted by Crippen LogP contribution is 2.32. The topological polar surface area (TPSA) is 76.5 Å². The lowest BCUT2D eigenvalue weighted by atomic mass is 10.2. The van der Waals surface area contributed by atoms with Crippen LogP contribution >= 0.6 is 46.5 Å². The number of thioether (sulfide) groups is 2. The van der Waals surface area contributed by atoms with Gasteiger partial charge in [0, 0.05) is 10.8 Å². The molecule has 1 amide bonds. The first-order chi connectivity index (χ1) is 17.2. The summed E-state index contributed by atoms with van der Waals surface area (Å²) in [7, 11) is 0. The Bertz CT molecular complexity index is 1280. The zero-order chi connectivity index (χ0) is 24.3. The number of hydrogen-bond donors (Lipinski definition) is 1. The van der Waals surface area contributed by atoms with Crippen molar-refractivity contribution in [3.63, 3.8) is 0 Å². The van der Waals surface area contributed by atoms with Crippen molar-refractivity contribution in [2.24, 2.45) is 5.10 Å². The molecular formula is C25H21ClN4O2S3. The van der Waals surface area contributed by atoms with Gasteiger partial charge in [0.2, 0.25) is 0 Å². The summed E-state index contributed by atoms with van der Waals surface area (Å²) < 4.78 is 7.39. The summed E-state index contributed by atoms with van der Waals surface area (Å²) in [6.45, 7) is 0.487. The molecule has 0 fully saturated rings. The number of aromatic nitrogens is 2. The van der Waals surface area contributed by atoms with Gasteiger partial charge in [-0.25, -0.2) is 5.43 Å². The highest BCUT2D eigenvalue weighted by molar-refractivity contribution is 8.03. The Hall–Kier alpha value is -2.85. The Balaban J connectivity index is 1.19. The van der Waals surface area contributed by atoms with Crippen LogP contribution in [0.2, 0.25) is 5.02 Å². The van der Waals surface area contributed by atoms with Crippen LogP contribution in [-0.4, -0.2) is 28.1 Å². The van der Waals surface area contributed by atoms with Gasteiger partial charge in [0.05, 0.1) is 12.0 Å². The summed E-state index contributed by atoms with van der Waals surface area (Å²) in [6.07, 6.45) is 1.59. The molecule has 0 aliphatic rings. The van der Waals surface area contributed by atoms with Gasteiger partial charge in [-0.1, -0.05) is 107 Å². The Morgan fingerprint density at radius 1 is 1.00 bits per heavy atom. The SMILES string of the molecule is O=C(CSc1nnc(SCc2ccccc2Cl)s1)NN=Cc1cccc(OCc2ccccc2)c1. The van der Waals surface area contributed by atoms with Crippen molar-refractivity contribution in [2.75, 3.05) is 5.75 Å². The number of nitrogens with zero attached hydrogens (tertiary/aromatic N) is 3. The van der Waals surface area contributed by atoms with E-state index < -0.39 is 0 Å². The van der Waals surface area contributed by atoms with E-state index in [1.54, 1.807) is 18.0 Å². The maximum atomic E-state index is 12.2. The number of amides is 1.